The van der Waals surface area contributed by atoms with Crippen LogP contribution in [-0.4, -0.2) is 12.9 Å². The predicted octanol–water partition coefficient (Wildman–Crippen LogP) is 1.15. The second-order valence-corrected chi connectivity index (χ2v) is 2.50. The molecule has 0 atom stereocenters. The number of aldehydes is 1. The molecule has 0 fully saturated rings. The van der Waals surface area contributed by atoms with Gasteiger partial charge < -0.3 is 10.5 Å². The van der Waals surface area contributed by atoms with Crippen LogP contribution in [0.15, 0.2) is 18.2 Å². The third kappa shape index (κ3) is 1.99. The number of aryl methyl sites for hydroxylation is 1. The largest absolute Gasteiger partial charge is 0.486 e. The summed E-state index contributed by atoms with van der Waals surface area (Å²) in [6.07, 6.45) is 0.714. The highest BCUT2D eigenvalue weighted by Crippen LogP contribution is 2.18. The summed E-state index contributed by atoms with van der Waals surface area (Å²) >= 11 is 0. The van der Waals surface area contributed by atoms with Crippen molar-refractivity contribution >= 4 is 12.0 Å². The van der Waals surface area contributed by atoms with Gasteiger partial charge in [-0.05, 0) is 30.7 Å². The lowest BCUT2D eigenvalue weighted by Crippen LogP contribution is -1.98. The summed E-state index contributed by atoms with van der Waals surface area (Å²) in [4.78, 5) is 9.98. The van der Waals surface area contributed by atoms with E-state index in [9.17, 15) is 4.79 Å². The van der Waals surface area contributed by atoms with Crippen LogP contribution in [0.4, 0.5) is 5.69 Å². The van der Waals surface area contributed by atoms with Gasteiger partial charge in [0.15, 0.2) is 6.29 Å². The van der Waals surface area contributed by atoms with Crippen molar-refractivity contribution in [2.45, 2.75) is 6.92 Å². The maximum absolute atomic E-state index is 9.98. The topological polar surface area (TPSA) is 52.3 Å². The fraction of sp³-hybridized carbons (Fsp3) is 0.222. The Morgan fingerprint density at radius 3 is 2.92 bits per heavy atom. The van der Waals surface area contributed by atoms with Crippen molar-refractivity contribution in [3.63, 3.8) is 0 Å². The molecular formula is C9H11NO2. The van der Waals surface area contributed by atoms with E-state index in [-0.39, 0.29) is 6.61 Å². The van der Waals surface area contributed by atoms with Gasteiger partial charge in [-0.25, -0.2) is 0 Å². The van der Waals surface area contributed by atoms with Crippen molar-refractivity contribution < 1.29 is 9.53 Å². The van der Waals surface area contributed by atoms with Gasteiger partial charge in [0.1, 0.15) is 12.4 Å². The SMILES string of the molecule is Cc1cc(OCC=O)ccc1N. The number of benzene rings is 1. The second-order valence-electron chi connectivity index (χ2n) is 2.50. The Labute approximate surface area is 71.1 Å². The Morgan fingerprint density at radius 1 is 1.58 bits per heavy atom. The van der Waals surface area contributed by atoms with Crippen LogP contribution >= 0.6 is 0 Å². The fourth-order valence-electron chi connectivity index (χ4n) is 0.868. The van der Waals surface area contributed by atoms with Crippen LogP contribution in [0, 0.1) is 6.92 Å². The summed E-state index contributed by atoms with van der Waals surface area (Å²) in [6.45, 7) is 1.98. The molecule has 0 aliphatic rings. The first-order chi connectivity index (χ1) is 5.74. The van der Waals surface area contributed by atoms with E-state index in [1.165, 1.54) is 0 Å². The molecule has 3 nitrogen and oxygen atoms in total. The number of nitrogens with two attached hydrogens (primary N) is 1. The number of carbonyl (C=O) groups is 1. The summed E-state index contributed by atoms with van der Waals surface area (Å²) in [5.74, 6) is 0.675. The Kier molecular flexibility index (Phi) is 2.69. The number of nitrogen functional groups attached to an aromatic ring is 1. The summed E-state index contributed by atoms with van der Waals surface area (Å²) in [5.41, 5.74) is 7.28. The molecule has 64 valence electrons. The molecule has 0 spiro atoms. The average molecular weight is 165 g/mol. The maximum atomic E-state index is 9.98. The minimum Gasteiger partial charge on any atom is -0.486 e. The first-order valence-electron chi connectivity index (χ1n) is 3.66. The van der Waals surface area contributed by atoms with E-state index in [1.54, 1.807) is 18.2 Å². The lowest BCUT2D eigenvalue weighted by molar-refractivity contribution is -0.109. The molecule has 0 saturated heterocycles. The van der Waals surface area contributed by atoms with Gasteiger partial charge in [-0.2, -0.15) is 0 Å². The maximum Gasteiger partial charge on any atom is 0.157 e. The van der Waals surface area contributed by atoms with E-state index in [1.807, 2.05) is 6.92 Å². The first kappa shape index (κ1) is 8.59. The van der Waals surface area contributed by atoms with Gasteiger partial charge in [0.05, 0.1) is 0 Å². The number of ether oxygens (including phenoxy) is 1. The molecule has 0 amide bonds. The van der Waals surface area contributed by atoms with Crippen molar-refractivity contribution in [1.82, 2.24) is 0 Å². The summed E-state index contributed by atoms with van der Waals surface area (Å²) in [5, 5.41) is 0. The van der Waals surface area contributed by atoms with Crippen molar-refractivity contribution in [3.05, 3.63) is 23.8 Å². The third-order valence-electron chi connectivity index (χ3n) is 1.56. The normalized spacial score (nSPS) is 9.42. The Balaban J connectivity index is 2.75. The Bertz CT molecular complexity index is 284. The van der Waals surface area contributed by atoms with Gasteiger partial charge in [-0.15, -0.1) is 0 Å². The molecular weight excluding hydrogens is 154 g/mol. The molecule has 1 aromatic rings. The van der Waals surface area contributed by atoms with E-state index in [2.05, 4.69) is 0 Å². The van der Waals surface area contributed by atoms with E-state index < -0.39 is 0 Å². The molecule has 3 heteroatoms. The van der Waals surface area contributed by atoms with Crippen molar-refractivity contribution in [2.75, 3.05) is 12.3 Å². The smallest absolute Gasteiger partial charge is 0.157 e. The lowest BCUT2D eigenvalue weighted by atomic mass is 10.2. The molecule has 12 heavy (non-hydrogen) atoms. The zero-order valence-electron chi connectivity index (χ0n) is 6.91. The number of carbonyl (C=O) groups excluding carboxylic acids is 1. The zero-order valence-corrected chi connectivity index (χ0v) is 6.91. The highest BCUT2D eigenvalue weighted by atomic mass is 16.5. The molecule has 0 heterocycles. The molecule has 0 aliphatic carbocycles. The number of rotatable bonds is 3. The first-order valence-corrected chi connectivity index (χ1v) is 3.66. The van der Waals surface area contributed by atoms with Gasteiger partial charge in [0, 0.05) is 5.69 Å². The van der Waals surface area contributed by atoms with E-state index in [0.717, 1.165) is 11.3 Å². The molecule has 0 saturated carbocycles. The highest BCUT2D eigenvalue weighted by Gasteiger charge is 1.96. The predicted molar refractivity (Wildman–Crippen MR) is 47.2 cm³/mol. The molecule has 0 aromatic heterocycles. The number of hydrogen-bond acceptors (Lipinski definition) is 3. The minimum atomic E-state index is 0.0867. The van der Waals surface area contributed by atoms with Gasteiger partial charge in [0.2, 0.25) is 0 Å². The van der Waals surface area contributed by atoms with E-state index >= 15 is 0 Å². The minimum absolute atomic E-state index is 0.0867. The van der Waals surface area contributed by atoms with Crippen molar-refractivity contribution in [3.8, 4) is 5.75 Å². The fourth-order valence-corrected chi connectivity index (χ4v) is 0.868. The van der Waals surface area contributed by atoms with Gasteiger partial charge >= 0.3 is 0 Å². The van der Waals surface area contributed by atoms with Crippen LogP contribution in [0.1, 0.15) is 5.56 Å². The molecule has 0 bridgehead atoms. The van der Waals surface area contributed by atoms with Crippen LogP contribution in [-0.2, 0) is 4.79 Å². The van der Waals surface area contributed by atoms with Crippen molar-refractivity contribution in [2.24, 2.45) is 0 Å². The molecule has 0 radical (unpaired) electrons. The molecule has 2 N–H and O–H groups in total. The third-order valence-corrected chi connectivity index (χ3v) is 1.56. The molecule has 1 aromatic carbocycles. The van der Waals surface area contributed by atoms with Crippen LogP contribution in [0.25, 0.3) is 0 Å². The molecule has 0 unspecified atom stereocenters. The highest BCUT2D eigenvalue weighted by molar-refractivity contribution is 5.53. The standard InChI is InChI=1S/C9H11NO2/c1-7-6-8(12-5-4-11)2-3-9(7)10/h2-4,6H,5,10H2,1H3. The van der Waals surface area contributed by atoms with Gasteiger partial charge in [-0.1, -0.05) is 0 Å². The quantitative estimate of drug-likeness (QED) is 0.540. The lowest BCUT2D eigenvalue weighted by Gasteiger charge is -2.04. The van der Waals surface area contributed by atoms with Crippen LogP contribution in [0.5, 0.6) is 5.75 Å². The average Bonchev–Trinajstić information content (AvgIpc) is 2.07. The van der Waals surface area contributed by atoms with Crippen LogP contribution < -0.4 is 10.5 Å². The van der Waals surface area contributed by atoms with Gasteiger partial charge in [0.25, 0.3) is 0 Å². The summed E-state index contributed by atoms with van der Waals surface area (Å²) < 4.78 is 5.07. The van der Waals surface area contributed by atoms with Crippen LogP contribution in [0.2, 0.25) is 0 Å². The van der Waals surface area contributed by atoms with Crippen molar-refractivity contribution in [1.29, 1.82) is 0 Å². The second kappa shape index (κ2) is 3.76. The number of hydrogen-bond donors (Lipinski definition) is 1. The number of anilines is 1. The molecule has 0 aliphatic heterocycles. The van der Waals surface area contributed by atoms with E-state index in [4.69, 9.17) is 10.5 Å². The Hall–Kier alpha value is -1.51. The Morgan fingerprint density at radius 2 is 2.33 bits per heavy atom. The monoisotopic (exact) mass is 165 g/mol. The zero-order chi connectivity index (χ0) is 8.97. The summed E-state index contributed by atoms with van der Waals surface area (Å²) in [6, 6.07) is 5.31. The van der Waals surface area contributed by atoms with E-state index in [0.29, 0.717) is 12.0 Å². The molecule has 1 rings (SSSR count). The van der Waals surface area contributed by atoms with Crippen LogP contribution in [0.3, 0.4) is 0 Å². The van der Waals surface area contributed by atoms with Gasteiger partial charge in [-0.3, -0.25) is 4.79 Å². The summed E-state index contributed by atoms with van der Waals surface area (Å²) in [7, 11) is 0.